The summed E-state index contributed by atoms with van der Waals surface area (Å²) in [6.07, 6.45) is 0. The molecule has 0 radical (unpaired) electrons. The van der Waals surface area contributed by atoms with Crippen LogP contribution in [-0.4, -0.2) is 26.2 Å². The smallest absolute Gasteiger partial charge is 0.374 e. The Hall–Kier alpha value is -2.02. The van der Waals surface area contributed by atoms with Gasteiger partial charge in [-0.1, -0.05) is 6.07 Å². The van der Waals surface area contributed by atoms with Gasteiger partial charge in [-0.2, -0.15) is 0 Å². The number of carbonyl (C=O) groups excluding carboxylic acids is 1. The summed E-state index contributed by atoms with van der Waals surface area (Å²) in [5.74, 6) is -0.470. The van der Waals surface area contributed by atoms with Crippen LogP contribution >= 0.6 is 0 Å². The molecule has 1 aromatic heterocycles. The van der Waals surface area contributed by atoms with Gasteiger partial charge in [0.05, 0.1) is 17.5 Å². The minimum atomic E-state index is -3.49. The Morgan fingerprint density at radius 2 is 2.05 bits per heavy atom. The third-order valence-corrected chi connectivity index (χ3v) is 5.03. The van der Waals surface area contributed by atoms with Gasteiger partial charge in [-0.15, -0.1) is 0 Å². The van der Waals surface area contributed by atoms with Crippen LogP contribution in [0.5, 0.6) is 0 Å². The highest BCUT2D eigenvalue weighted by Gasteiger charge is 2.23. The van der Waals surface area contributed by atoms with Crippen LogP contribution in [0.25, 0.3) is 11.0 Å². The van der Waals surface area contributed by atoms with Gasteiger partial charge in [-0.25, -0.2) is 13.2 Å². The second-order valence-corrected chi connectivity index (χ2v) is 7.39. The quantitative estimate of drug-likeness (QED) is 0.854. The van der Waals surface area contributed by atoms with E-state index in [9.17, 15) is 13.2 Å². The van der Waals surface area contributed by atoms with Crippen LogP contribution in [-0.2, 0) is 14.8 Å². The van der Waals surface area contributed by atoms with Crippen LogP contribution in [0.2, 0.25) is 0 Å². The number of carbonyl (C=O) groups is 1. The fourth-order valence-electron chi connectivity index (χ4n) is 2.05. The summed E-state index contributed by atoms with van der Waals surface area (Å²) in [5.41, 5.74) is 1.38. The molecule has 0 saturated heterocycles. The number of rotatable bonds is 5. The summed E-state index contributed by atoms with van der Waals surface area (Å²) in [7, 11) is -3.49. The van der Waals surface area contributed by atoms with E-state index in [0.29, 0.717) is 22.2 Å². The predicted octanol–water partition coefficient (Wildman–Crippen LogP) is 3.07. The molecule has 2 rings (SSSR count). The van der Waals surface area contributed by atoms with E-state index in [0.717, 1.165) is 0 Å². The van der Waals surface area contributed by atoms with Crippen molar-refractivity contribution in [3.8, 4) is 0 Å². The molecule has 1 heterocycles. The fraction of sp³-hybridized carbons (Fsp3) is 0.400. The van der Waals surface area contributed by atoms with E-state index in [1.165, 1.54) is 0 Å². The van der Waals surface area contributed by atoms with Crippen LogP contribution in [0.15, 0.2) is 22.6 Å². The van der Waals surface area contributed by atoms with Gasteiger partial charge in [0.1, 0.15) is 5.58 Å². The first kappa shape index (κ1) is 16.4. The first-order chi connectivity index (χ1) is 10.3. The number of hydrogen-bond acceptors (Lipinski definition) is 5. The normalized spacial score (nSPS) is 11.9. The van der Waals surface area contributed by atoms with Gasteiger partial charge in [0, 0.05) is 10.9 Å². The lowest BCUT2D eigenvalue weighted by molar-refractivity contribution is 0.0491. The van der Waals surface area contributed by atoms with Gasteiger partial charge in [0.25, 0.3) is 0 Å². The van der Waals surface area contributed by atoms with Crippen LogP contribution in [0.4, 0.5) is 5.69 Å². The minimum Gasteiger partial charge on any atom is -0.460 e. The van der Waals surface area contributed by atoms with E-state index in [1.807, 2.05) is 0 Å². The molecule has 120 valence electrons. The average molecular weight is 325 g/mol. The molecule has 0 unspecified atom stereocenters. The molecule has 0 amide bonds. The molecule has 0 aliphatic carbocycles. The number of ether oxygens (including phenoxy) is 1. The van der Waals surface area contributed by atoms with E-state index in [4.69, 9.17) is 9.15 Å². The van der Waals surface area contributed by atoms with E-state index >= 15 is 0 Å². The molecule has 7 heteroatoms. The SMILES string of the molecule is CCOC(=O)c1oc2cccc(NS(=O)(=O)C(C)C)c2c1C. The van der Waals surface area contributed by atoms with Crippen molar-refractivity contribution in [3.63, 3.8) is 0 Å². The van der Waals surface area contributed by atoms with Gasteiger partial charge in [0.15, 0.2) is 0 Å². The number of fused-ring (bicyclic) bond motifs is 1. The average Bonchev–Trinajstić information content (AvgIpc) is 2.77. The molecule has 0 spiro atoms. The monoisotopic (exact) mass is 325 g/mol. The maximum absolute atomic E-state index is 12.1. The lowest BCUT2D eigenvalue weighted by Crippen LogP contribution is -2.22. The van der Waals surface area contributed by atoms with E-state index in [-0.39, 0.29) is 12.4 Å². The topological polar surface area (TPSA) is 85.6 Å². The third-order valence-electron chi connectivity index (χ3n) is 3.29. The Labute approximate surface area is 129 Å². The number of aryl methyl sites for hydroxylation is 1. The molecule has 22 heavy (non-hydrogen) atoms. The van der Waals surface area contributed by atoms with E-state index in [1.54, 1.807) is 45.9 Å². The summed E-state index contributed by atoms with van der Waals surface area (Å²) in [6, 6.07) is 4.98. The van der Waals surface area contributed by atoms with Crippen molar-refractivity contribution < 1.29 is 22.4 Å². The standard InChI is InChI=1S/C15H19NO5S/c1-5-20-15(17)14-10(4)13-11(7-6-8-12(13)21-14)16-22(18,19)9(2)3/h6-9,16H,5H2,1-4H3. The van der Waals surface area contributed by atoms with Crippen molar-refractivity contribution in [1.82, 2.24) is 0 Å². The molecule has 2 aromatic rings. The summed E-state index contributed by atoms with van der Waals surface area (Å²) in [4.78, 5) is 11.9. The van der Waals surface area contributed by atoms with Crippen LogP contribution < -0.4 is 4.72 Å². The fourth-order valence-corrected chi connectivity index (χ4v) is 2.76. The van der Waals surface area contributed by atoms with Gasteiger partial charge < -0.3 is 9.15 Å². The van der Waals surface area contributed by atoms with Crippen molar-refractivity contribution in [2.24, 2.45) is 0 Å². The molecule has 0 atom stereocenters. The highest BCUT2D eigenvalue weighted by Crippen LogP contribution is 2.32. The molecule has 0 saturated carbocycles. The molecule has 1 aromatic carbocycles. The zero-order chi connectivity index (χ0) is 16.5. The number of benzene rings is 1. The maximum Gasteiger partial charge on any atom is 0.374 e. The van der Waals surface area contributed by atoms with Crippen LogP contribution in [0, 0.1) is 6.92 Å². The maximum atomic E-state index is 12.1. The van der Waals surface area contributed by atoms with E-state index < -0.39 is 21.2 Å². The van der Waals surface area contributed by atoms with Crippen LogP contribution in [0.1, 0.15) is 36.9 Å². The molecular formula is C15H19NO5S. The predicted molar refractivity (Wildman–Crippen MR) is 84.6 cm³/mol. The minimum absolute atomic E-state index is 0.0908. The summed E-state index contributed by atoms with van der Waals surface area (Å²) < 4.78 is 37.1. The first-order valence-corrected chi connectivity index (χ1v) is 8.53. The Kier molecular flexibility index (Phi) is 4.46. The Bertz CT molecular complexity index is 805. The first-order valence-electron chi connectivity index (χ1n) is 6.98. The van der Waals surface area contributed by atoms with Crippen molar-refractivity contribution in [3.05, 3.63) is 29.5 Å². The van der Waals surface area contributed by atoms with Crippen molar-refractivity contribution in [2.75, 3.05) is 11.3 Å². The number of esters is 1. The van der Waals surface area contributed by atoms with E-state index in [2.05, 4.69) is 4.72 Å². The molecular weight excluding hydrogens is 306 g/mol. The lowest BCUT2D eigenvalue weighted by Gasteiger charge is -2.11. The van der Waals surface area contributed by atoms with Crippen molar-refractivity contribution in [1.29, 1.82) is 0 Å². The summed E-state index contributed by atoms with van der Waals surface area (Å²) >= 11 is 0. The molecule has 0 aliphatic heterocycles. The Morgan fingerprint density at radius 1 is 1.36 bits per heavy atom. The lowest BCUT2D eigenvalue weighted by atomic mass is 10.1. The molecule has 0 fully saturated rings. The highest BCUT2D eigenvalue weighted by molar-refractivity contribution is 7.93. The molecule has 0 bridgehead atoms. The number of sulfonamides is 1. The third kappa shape index (κ3) is 2.94. The number of hydrogen-bond donors (Lipinski definition) is 1. The van der Waals surface area contributed by atoms with Gasteiger partial charge in [0.2, 0.25) is 15.8 Å². The van der Waals surface area contributed by atoms with Crippen molar-refractivity contribution in [2.45, 2.75) is 32.9 Å². The largest absolute Gasteiger partial charge is 0.460 e. The second kappa shape index (κ2) is 6.00. The highest BCUT2D eigenvalue weighted by atomic mass is 32.2. The summed E-state index contributed by atoms with van der Waals surface area (Å²) in [6.45, 7) is 6.83. The van der Waals surface area contributed by atoms with Gasteiger partial charge >= 0.3 is 5.97 Å². The Balaban J connectivity index is 2.56. The number of nitrogens with one attached hydrogen (secondary N) is 1. The molecule has 1 N–H and O–H groups in total. The number of anilines is 1. The van der Waals surface area contributed by atoms with Gasteiger partial charge in [-0.05, 0) is 39.8 Å². The molecule has 6 nitrogen and oxygen atoms in total. The van der Waals surface area contributed by atoms with Crippen molar-refractivity contribution >= 4 is 32.6 Å². The Morgan fingerprint density at radius 3 is 2.64 bits per heavy atom. The second-order valence-electron chi connectivity index (χ2n) is 5.15. The number of furan rings is 1. The van der Waals surface area contributed by atoms with Crippen LogP contribution in [0.3, 0.4) is 0 Å². The summed E-state index contributed by atoms with van der Waals surface area (Å²) in [5, 5.41) is -0.00531. The zero-order valence-corrected chi connectivity index (χ0v) is 13.8. The zero-order valence-electron chi connectivity index (χ0n) is 13.0. The molecule has 0 aliphatic rings. The van der Waals surface area contributed by atoms with Gasteiger partial charge in [-0.3, -0.25) is 4.72 Å².